The van der Waals surface area contributed by atoms with Crippen LogP contribution in [0.15, 0.2) is 4.52 Å². The number of amides is 1. The van der Waals surface area contributed by atoms with Crippen LogP contribution < -0.4 is 11.1 Å². The van der Waals surface area contributed by atoms with Crippen molar-refractivity contribution >= 4 is 40.9 Å². The Balaban J connectivity index is 0.00000147. The van der Waals surface area contributed by atoms with Gasteiger partial charge in [0.2, 0.25) is 0 Å². The minimum Gasteiger partial charge on any atom is -0.359 e. The molecule has 1 heterocycles. The summed E-state index contributed by atoms with van der Waals surface area (Å²) in [6.45, 7) is 0. The fourth-order valence-electron chi connectivity index (χ4n) is 2.55. The Kier molecular flexibility index (Phi) is 5.30. The van der Waals surface area contributed by atoms with Gasteiger partial charge in [-0.2, -0.15) is 0 Å². The van der Waals surface area contributed by atoms with Gasteiger partial charge in [0.1, 0.15) is 0 Å². The number of nitrogens with zero attached hydrogens (tertiary/aromatic N) is 1. The van der Waals surface area contributed by atoms with Crippen molar-refractivity contribution < 1.29 is 9.32 Å². The number of carbonyl (C=O) groups excluding carboxylic acids is 1. The van der Waals surface area contributed by atoms with Crippen LogP contribution in [0.3, 0.4) is 0 Å². The average molecular weight is 412 g/mol. The van der Waals surface area contributed by atoms with Crippen LogP contribution in [0.5, 0.6) is 0 Å². The predicted molar refractivity (Wildman–Crippen MR) is 86.1 cm³/mol. The summed E-state index contributed by atoms with van der Waals surface area (Å²) in [7, 11) is 0. The molecule has 1 amide bonds. The molecule has 0 aliphatic heterocycles. The molecule has 1 aromatic heterocycles. The van der Waals surface area contributed by atoms with E-state index in [2.05, 4.69) is 33.1 Å². The third-order valence-corrected chi connectivity index (χ3v) is 4.97. The van der Waals surface area contributed by atoms with E-state index in [1.165, 1.54) is 0 Å². The van der Waals surface area contributed by atoms with Gasteiger partial charge >= 0.3 is 0 Å². The van der Waals surface area contributed by atoms with Crippen LogP contribution in [0.25, 0.3) is 0 Å². The summed E-state index contributed by atoms with van der Waals surface area (Å²) in [5, 5.41) is 6.99. The zero-order valence-corrected chi connectivity index (χ0v) is 14.1. The van der Waals surface area contributed by atoms with Crippen molar-refractivity contribution in [3.8, 4) is 0 Å². The number of aromatic nitrogens is 1. The van der Waals surface area contributed by atoms with E-state index < -0.39 is 0 Å². The van der Waals surface area contributed by atoms with E-state index in [-0.39, 0.29) is 24.4 Å². The Labute approximate surface area is 138 Å². The lowest BCUT2D eigenvalue weighted by Gasteiger charge is -2.26. The smallest absolute Gasteiger partial charge is 0.274 e. The van der Waals surface area contributed by atoms with E-state index in [0.29, 0.717) is 17.7 Å². The molecule has 0 bridgehead atoms. The standard InChI is InChI=1S/C13H18IN3O2.ClH/c14-10-11(17-19-12(10)7-1-2-7)13(18)16-9-5-3-8(15)4-6-9;/h7-9H,1-6,15H2,(H,16,18);1H/t8-,9-;. The number of rotatable bonds is 3. The molecule has 0 unspecified atom stereocenters. The third-order valence-electron chi connectivity index (χ3n) is 3.93. The van der Waals surface area contributed by atoms with Crippen LogP contribution >= 0.6 is 35.0 Å². The number of nitrogens with two attached hydrogens (primary N) is 1. The number of hydrogen-bond acceptors (Lipinski definition) is 4. The maximum atomic E-state index is 12.2. The van der Waals surface area contributed by atoms with Crippen molar-refractivity contribution in [2.24, 2.45) is 5.73 Å². The molecule has 0 atom stereocenters. The normalized spacial score (nSPS) is 25.9. The summed E-state index contributed by atoms with van der Waals surface area (Å²) >= 11 is 2.17. The van der Waals surface area contributed by atoms with Gasteiger partial charge in [-0.25, -0.2) is 0 Å². The maximum Gasteiger partial charge on any atom is 0.274 e. The van der Waals surface area contributed by atoms with Gasteiger partial charge in [-0.1, -0.05) is 5.16 Å². The van der Waals surface area contributed by atoms with Crippen LogP contribution in [-0.4, -0.2) is 23.1 Å². The summed E-state index contributed by atoms with van der Waals surface area (Å²) < 4.78 is 6.19. The SMILES string of the molecule is Cl.N[C@H]1CC[C@H](NC(=O)c2noc(C3CC3)c2I)CC1. The summed E-state index contributed by atoms with van der Waals surface area (Å²) in [5.74, 6) is 1.26. The highest BCUT2D eigenvalue weighted by Gasteiger charge is 2.33. The minimum absolute atomic E-state index is 0. The van der Waals surface area contributed by atoms with E-state index in [9.17, 15) is 4.79 Å². The van der Waals surface area contributed by atoms with Gasteiger partial charge in [0.25, 0.3) is 5.91 Å². The van der Waals surface area contributed by atoms with Crippen LogP contribution in [0.4, 0.5) is 0 Å². The minimum atomic E-state index is -0.111. The van der Waals surface area contributed by atoms with Crippen molar-refractivity contribution in [3.63, 3.8) is 0 Å². The first-order valence-electron chi connectivity index (χ1n) is 6.86. The zero-order chi connectivity index (χ0) is 13.4. The molecule has 2 saturated carbocycles. The van der Waals surface area contributed by atoms with E-state index in [1.807, 2.05) is 0 Å². The molecule has 0 saturated heterocycles. The average Bonchev–Trinajstić information content (AvgIpc) is 3.15. The monoisotopic (exact) mass is 411 g/mol. The molecule has 0 spiro atoms. The summed E-state index contributed by atoms with van der Waals surface area (Å²) in [4.78, 5) is 12.2. The highest BCUT2D eigenvalue weighted by Crippen LogP contribution is 2.42. The van der Waals surface area contributed by atoms with E-state index >= 15 is 0 Å². The number of carbonyl (C=O) groups is 1. The van der Waals surface area contributed by atoms with Crippen molar-refractivity contribution in [2.45, 2.75) is 56.5 Å². The van der Waals surface area contributed by atoms with E-state index in [4.69, 9.17) is 10.3 Å². The molecule has 0 aromatic carbocycles. The molecule has 3 rings (SSSR count). The molecule has 112 valence electrons. The maximum absolute atomic E-state index is 12.2. The Morgan fingerprint density at radius 1 is 1.25 bits per heavy atom. The summed E-state index contributed by atoms with van der Waals surface area (Å²) in [6, 6.07) is 0.519. The van der Waals surface area contributed by atoms with Gasteiger partial charge in [0, 0.05) is 18.0 Å². The number of hydrogen-bond donors (Lipinski definition) is 2. The van der Waals surface area contributed by atoms with Crippen LogP contribution in [0.1, 0.15) is 60.7 Å². The Morgan fingerprint density at radius 2 is 1.90 bits per heavy atom. The predicted octanol–water partition coefficient (Wildman–Crippen LogP) is 2.58. The molecule has 5 nitrogen and oxygen atoms in total. The summed E-state index contributed by atoms with van der Waals surface area (Å²) in [6.07, 6.45) is 6.16. The Hall–Kier alpha value is -0.340. The van der Waals surface area contributed by atoms with Crippen molar-refractivity contribution in [1.29, 1.82) is 0 Å². The highest BCUT2D eigenvalue weighted by molar-refractivity contribution is 14.1. The second kappa shape index (κ2) is 6.62. The molecule has 7 heteroatoms. The van der Waals surface area contributed by atoms with Gasteiger partial charge in [-0.05, 0) is 61.1 Å². The lowest BCUT2D eigenvalue weighted by atomic mass is 9.92. The van der Waals surface area contributed by atoms with Crippen molar-refractivity contribution in [1.82, 2.24) is 10.5 Å². The van der Waals surface area contributed by atoms with Gasteiger partial charge in [-0.15, -0.1) is 12.4 Å². The fraction of sp³-hybridized carbons (Fsp3) is 0.692. The summed E-state index contributed by atoms with van der Waals surface area (Å²) in [5.41, 5.74) is 6.31. The lowest BCUT2D eigenvalue weighted by molar-refractivity contribution is 0.0916. The Bertz CT molecular complexity index is 482. The first kappa shape index (κ1) is 16.0. The van der Waals surface area contributed by atoms with Crippen molar-refractivity contribution in [3.05, 3.63) is 15.0 Å². The van der Waals surface area contributed by atoms with Crippen molar-refractivity contribution in [2.75, 3.05) is 0 Å². The molecule has 2 aliphatic rings. The molecule has 0 radical (unpaired) electrons. The van der Waals surface area contributed by atoms with E-state index in [0.717, 1.165) is 47.9 Å². The molecule has 1 aromatic rings. The van der Waals surface area contributed by atoms with Gasteiger partial charge in [-0.3, -0.25) is 4.79 Å². The topological polar surface area (TPSA) is 81.1 Å². The second-order valence-electron chi connectivity index (χ2n) is 5.57. The molecule has 20 heavy (non-hydrogen) atoms. The van der Waals surface area contributed by atoms with Gasteiger partial charge in [0.05, 0.1) is 3.57 Å². The molecule has 2 aliphatic carbocycles. The number of nitrogens with one attached hydrogen (secondary N) is 1. The highest BCUT2D eigenvalue weighted by atomic mass is 127. The quantitative estimate of drug-likeness (QED) is 0.749. The fourth-order valence-corrected chi connectivity index (χ4v) is 3.43. The largest absolute Gasteiger partial charge is 0.359 e. The van der Waals surface area contributed by atoms with Gasteiger partial charge < -0.3 is 15.6 Å². The first-order valence-corrected chi connectivity index (χ1v) is 7.94. The molecule has 3 N–H and O–H groups in total. The van der Waals surface area contributed by atoms with Crippen LogP contribution in [-0.2, 0) is 0 Å². The van der Waals surface area contributed by atoms with Gasteiger partial charge in [0.15, 0.2) is 11.5 Å². The third kappa shape index (κ3) is 3.46. The Morgan fingerprint density at radius 3 is 2.50 bits per heavy atom. The molecular formula is C13H19ClIN3O2. The zero-order valence-electron chi connectivity index (χ0n) is 11.1. The second-order valence-corrected chi connectivity index (χ2v) is 6.65. The van der Waals surface area contributed by atoms with Crippen LogP contribution in [0, 0.1) is 3.57 Å². The van der Waals surface area contributed by atoms with Crippen LogP contribution in [0.2, 0.25) is 0 Å². The molecular weight excluding hydrogens is 393 g/mol. The molecule has 2 fully saturated rings. The lowest BCUT2D eigenvalue weighted by Crippen LogP contribution is -2.40. The van der Waals surface area contributed by atoms with E-state index in [1.54, 1.807) is 0 Å². The number of halogens is 2. The first-order chi connectivity index (χ1) is 9.15.